The van der Waals surface area contributed by atoms with E-state index in [1.54, 1.807) is 18.2 Å². The molecule has 0 saturated carbocycles. The fourth-order valence-corrected chi connectivity index (χ4v) is 4.66. The highest BCUT2D eigenvalue weighted by molar-refractivity contribution is 6.10. The van der Waals surface area contributed by atoms with Crippen molar-refractivity contribution in [3.63, 3.8) is 0 Å². The first-order valence-electron chi connectivity index (χ1n) is 11.2. The van der Waals surface area contributed by atoms with Gasteiger partial charge in [-0.1, -0.05) is 30.3 Å². The summed E-state index contributed by atoms with van der Waals surface area (Å²) in [7, 11) is 0. The van der Waals surface area contributed by atoms with Gasteiger partial charge < -0.3 is 9.64 Å². The molecule has 0 aromatic heterocycles. The lowest BCUT2D eigenvalue weighted by molar-refractivity contribution is -0.136. The van der Waals surface area contributed by atoms with E-state index in [1.165, 1.54) is 4.90 Å². The number of carbonyl (C=O) groups excluding carboxylic acids is 4. The Morgan fingerprint density at radius 3 is 2.45 bits per heavy atom. The zero-order chi connectivity index (χ0) is 22.9. The number of fused-ring (bicyclic) bond motifs is 1. The molecule has 0 bridgehead atoms. The molecule has 33 heavy (non-hydrogen) atoms. The van der Waals surface area contributed by atoms with Crippen molar-refractivity contribution in [3.8, 4) is 0 Å². The van der Waals surface area contributed by atoms with Gasteiger partial charge >= 0.3 is 0 Å². The van der Waals surface area contributed by atoms with E-state index in [4.69, 9.17) is 4.74 Å². The van der Waals surface area contributed by atoms with E-state index in [1.807, 2.05) is 24.3 Å². The van der Waals surface area contributed by atoms with Crippen molar-refractivity contribution in [2.75, 3.05) is 26.3 Å². The first kappa shape index (κ1) is 21.5. The lowest BCUT2D eigenvalue weighted by Crippen LogP contribution is -2.52. The van der Waals surface area contributed by atoms with Gasteiger partial charge in [-0.05, 0) is 29.7 Å². The molecular formula is C25H25N3O5. The van der Waals surface area contributed by atoms with Crippen molar-refractivity contribution in [2.24, 2.45) is 0 Å². The molecule has 1 unspecified atom stereocenters. The van der Waals surface area contributed by atoms with Gasteiger partial charge in [-0.15, -0.1) is 0 Å². The minimum absolute atomic E-state index is 0.109. The second kappa shape index (κ2) is 8.88. The summed E-state index contributed by atoms with van der Waals surface area (Å²) >= 11 is 0. The summed E-state index contributed by atoms with van der Waals surface area (Å²) in [5.74, 6) is -1.11. The molecule has 0 radical (unpaired) electrons. The van der Waals surface area contributed by atoms with Crippen molar-refractivity contribution in [1.82, 2.24) is 15.1 Å². The second-order valence-electron chi connectivity index (χ2n) is 8.69. The molecule has 0 spiro atoms. The molecule has 2 aromatic rings. The van der Waals surface area contributed by atoms with Crippen LogP contribution in [0, 0.1) is 0 Å². The SMILES string of the molecule is O=C1CCC(N2Cc3cc(C(=O)c4ccc(CN5CCOCC5)cc4)ccc3C2=O)C(=O)N1. The molecule has 5 rings (SSSR count). The smallest absolute Gasteiger partial charge is 0.255 e. The van der Waals surface area contributed by atoms with E-state index in [-0.39, 0.29) is 30.6 Å². The Kier molecular flexibility index (Phi) is 5.78. The van der Waals surface area contributed by atoms with Gasteiger partial charge in [0.05, 0.1) is 13.2 Å². The van der Waals surface area contributed by atoms with E-state index in [2.05, 4.69) is 10.2 Å². The summed E-state index contributed by atoms with van der Waals surface area (Å²) in [6.07, 6.45) is 0.523. The average Bonchev–Trinajstić information content (AvgIpc) is 3.15. The molecule has 3 aliphatic heterocycles. The predicted octanol–water partition coefficient (Wildman–Crippen LogP) is 1.51. The number of nitrogens with one attached hydrogen (secondary N) is 1. The molecule has 3 heterocycles. The number of hydrogen-bond acceptors (Lipinski definition) is 6. The van der Waals surface area contributed by atoms with Crippen LogP contribution in [0.2, 0.25) is 0 Å². The van der Waals surface area contributed by atoms with Gasteiger partial charge in [-0.3, -0.25) is 29.4 Å². The molecule has 2 saturated heterocycles. The number of benzene rings is 2. The maximum Gasteiger partial charge on any atom is 0.255 e. The van der Waals surface area contributed by atoms with Gasteiger partial charge in [0.1, 0.15) is 6.04 Å². The number of carbonyl (C=O) groups is 4. The highest BCUT2D eigenvalue weighted by atomic mass is 16.5. The van der Waals surface area contributed by atoms with Crippen LogP contribution < -0.4 is 5.32 Å². The summed E-state index contributed by atoms with van der Waals surface area (Å²) in [5, 5.41) is 2.30. The number of ether oxygens (including phenoxy) is 1. The minimum Gasteiger partial charge on any atom is -0.379 e. The van der Waals surface area contributed by atoms with Gasteiger partial charge in [0.15, 0.2) is 5.78 Å². The summed E-state index contributed by atoms with van der Waals surface area (Å²) in [4.78, 5) is 53.4. The summed E-state index contributed by atoms with van der Waals surface area (Å²) < 4.78 is 5.38. The van der Waals surface area contributed by atoms with E-state index in [9.17, 15) is 19.2 Å². The molecule has 8 heteroatoms. The minimum atomic E-state index is -0.666. The van der Waals surface area contributed by atoms with Crippen LogP contribution in [0.5, 0.6) is 0 Å². The van der Waals surface area contributed by atoms with Crippen LogP contribution in [0.3, 0.4) is 0 Å². The van der Waals surface area contributed by atoms with Gasteiger partial charge in [0, 0.05) is 49.3 Å². The third-order valence-electron chi connectivity index (χ3n) is 6.51. The Labute approximate surface area is 191 Å². The Balaban J connectivity index is 1.29. The van der Waals surface area contributed by atoms with Crippen molar-refractivity contribution in [2.45, 2.75) is 32.0 Å². The lowest BCUT2D eigenvalue weighted by atomic mass is 9.98. The lowest BCUT2D eigenvalue weighted by Gasteiger charge is -2.29. The summed E-state index contributed by atoms with van der Waals surface area (Å²) in [6.45, 7) is 4.39. The Morgan fingerprint density at radius 2 is 1.73 bits per heavy atom. The topological polar surface area (TPSA) is 96.0 Å². The predicted molar refractivity (Wildman–Crippen MR) is 118 cm³/mol. The summed E-state index contributed by atoms with van der Waals surface area (Å²) in [6, 6.07) is 12.0. The monoisotopic (exact) mass is 447 g/mol. The van der Waals surface area contributed by atoms with E-state index in [0.29, 0.717) is 23.1 Å². The number of imide groups is 1. The number of nitrogens with zero attached hydrogens (tertiary/aromatic N) is 2. The van der Waals surface area contributed by atoms with E-state index >= 15 is 0 Å². The second-order valence-corrected chi connectivity index (χ2v) is 8.69. The van der Waals surface area contributed by atoms with Crippen LogP contribution in [0.25, 0.3) is 0 Å². The molecule has 170 valence electrons. The van der Waals surface area contributed by atoms with Crippen LogP contribution in [0.15, 0.2) is 42.5 Å². The van der Waals surface area contributed by atoms with Crippen LogP contribution in [-0.2, 0) is 27.4 Å². The van der Waals surface area contributed by atoms with E-state index < -0.39 is 11.9 Å². The largest absolute Gasteiger partial charge is 0.379 e. The van der Waals surface area contributed by atoms with Crippen LogP contribution in [0.1, 0.15) is 50.2 Å². The molecule has 3 amide bonds. The molecule has 8 nitrogen and oxygen atoms in total. The first-order valence-corrected chi connectivity index (χ1v) is 11.2. The highest BCUT2D eigenvalue weighted by Crippen LogP contribution is 2.29. The maximum absolute atomic E-state index is 13.1. The van der Waals surface area contributed by atoms with Crippen molar-refractivity contribution < 1.29 is 23.9 Å². The third kappa shape index (κ3) is 4.31. The fraction of sp³-hybridized carbons (Fsp3) is 0.360. The van der Waals surface area contributed by atoms with Crippen molar-refractivity contribution >= 4 is 23.5 Å². The fourth-order valence-electron chi connectivity index (χ4n) is 4.66. The van der Waals surface area contributed by atoms with Crippen molar-refractivity contribution in [3.05, 3.63) is 70.3 Å². The number of hydrogen-bond donors (Lipinski definition) is 1. The zero-order valence-corrected chi connectivity index (χ0v) is 18.2. The molecule has 0 aliphatic carbocycles. The number of ketones is 1. The maximum atomic E-state index is 13.1. The van der Waals surface area contributed by atoms with Gasteiger partial charge in [-0.2, -0.15) is 0 Å². The average molecular weight is 447 g/mol. The summed E-state index contributed by atoms with van der Waals surface area (Å²) in [5.41, 5.74) is 3.46. The van der Waals surface area contributed by atoms with Gasteiger partial charge in [-0.25, -0.2) is 0 Å². The number of rotatable bonds is 5. The Bertz CT molecular complexity index is 1120. The van der Waals surface area contributed by atoms with Crippen molar-refractivity contribution in [1.29, 1.82) is 0 Å². The third-order valence-corrected chi connectivity index (χ3v) is 6.51. The molecule has 3 aliphatic rings. The highest BCUT2D eigenvalue weighted by Gasteiger charge is 2.39. The molecule has 2 fully saturated rings. The van der Waals surface area contributed by atoms with Crippen LogP contribution in [0.4, 0.5) is 0 Å². The molecular weight excluding hydrogens is 422 g/mol. The molecule has 1 atom stereocenters. The molecule has 1 N–H and O–H groups in total. The standard InChI is InChI=1S/C25H25N3O5/c29-22-8-7-21(24(31)26-22)28-15-19-13-18(5-6-20(19)25(28)32)23(30)17-3-1-16(2-4-17)14-27-9-11-33-12-10-27/h1-6,13,21H,7-12,14-15H2,(H,26,29,31). The number of piperidine rings is 1. The molecule has 2 aromatic carbocycles. The quantitative estimate of drug-likeness (QED) is 0.552. The van der Waals surface area contributed by atoms with Crippen LogP contribution >= 0.6 is 0 Å². The zero-order valence-electron chi connectivity index (χ0n) is 18.2. The Morgan fingerprint density at radius 1 is 1.00 bits per heavy atom. The first-order chi connectivity index (χ1) is 16.0. The normalized spacial score (nSPS) is 21.2. The van der Waals surface area contributed by atoms with E-state index in [0.717, 1.165) is 44.0 Å². The van der Waals surface area contributed by atoms with Gasteiger partial charge in [0.2, 0.25) is 11.8 Å². The number of morpholine rings is 1. The Hall–Kier alpha value is -3.36. The van der Waals surface area contributed by atoms with Crippen LogP contribution in [-0.4, -0.2) is 65.6 Å². The van der Waals surface area contributed by atoms with Gasteiger partial charge in [0.25, 0.3) is 5.91 Å². The number of amides is 3.